The molecule has 1 heterocycles. The van der Waals surface area contributed by atoms with Crippen LogP contribution in [-0.4, -0.2) is 37.1 Å². The summed E-state index contributed by atoms with van der Waals surface area (Å²) in [7, 11) is 1.95. The Morgan fingerprint density at radius 2 is 1.70 bits per heavy atom. The number of ether oxygens (including phenoxy) is 2. The Kier molecular flexibility index (Phi) is 6.01. The predicted octanol–water partition coefficient (Wildman–Crippen LogP) is 4.04. The van der Waals surface area contributed by atoms with Gasteiger partial charge in [-0.2, -0.15) is 0 Å². The molecule has 5 nitrogen and oxygen atoms in total. The van der Waals surface area contributed by atoms with E-state index in [9.17, 15) is 4.79 Å². The highest BCUT2D eigenvalue weighted by Gasteiger charge is 2.19. The van der Waals surface area contributed by atoms with Crippen molar-refractivity contribution in [2.24, 2.45) is 0 Å². The van der Waals surface area contributed by atoms with E-state index in [0.29, 0.717) is 25.7 Å². The summed E-state index contributed by atoms with van der Waals surface area (Å²) in [6.45, 7) is 8.03. The van der Waals surface area contributed by atoms with Gasteiger partial charge in [-0.3, -0.25) is 9.69 Å². The Morgan fingerprint density at radius 1 is 1.04 bits per heavy atom. The number of benzene rings is 2. The molecule has 27 heavy (non-hydrogen) atoms. The number of nitrogens with zero attached hydrogens (tertiary/aromatic N) is 1. The van der Waals surface area contributed by atoms with E-state index >= 15 is 0 Å². The van der Waals surface area contributed by atoms with Crippen molar-refractivity contribution in [3.05, 3.63) is 53.6 Å². The number of hydrogen-bond donors (Lipinski definition) is 1. The average Bonchev–Trinajstić information content (AvgIpc) is 2.67. The maximum Gasteiger partial charge on any atom is 0.241 e. The van der Waals surface area contributed by atoms with Gasteiger partial charge < -0.3 is 14.8 Å². The lowest BCUT2D eigenvalue weighted by atomic mass is 10.0. The molecule has 0 radical (unpaired) electrons. The first-order valence-corrected chi connectivity index (χ1v) is 9.43. The van der Waals surface area contributed by atoms with E-state index in [0.717, 1.165) is 22.7 Å². The van der Waals surface area contributed by atoms with Crippen LogP contribution in [0, 0.1) is 0 Å². The molecule has 144 valence electrons. The van der Waals surface area contributed by atoms with Crippen LogP contribution in [0.3, 0.4) is 0 Å². The zero-order chi connectivity index (χ0) is 19.4. The van der Waals surface area contributed by atoms with Crippen molar-refractivity contribution in [3.8, 4) is 11.5 Å². The van der Waals surface area contributed by atoms with E-state index in [4.69, 9.17) is 9.47 Å². The maximum atomic E-state index is 12.6. The van der Waals surface area contributed by atoms with Gasteiger partial charge in [0.2, 0.25) is 5.91 Å². The summed E-state index contributed by atoms with van der Waals surface area (Å²) in [4.78, 5) is 14.6. The molecule has 0 saturated carbocycles. The highest BCUT2D eigenvalue weighted by molar-refractivity contribution is 5.94. The highest BCUT2D eigenvalue weighted by atomic mass is 16.6. The minimum Gasteiger partial charge on any atom is -0.486 e. The highest BCUT2D eigenvalue weighted by Crippen LogP contribution is 2.31. The lowest BCUT2D eigenvalue weighted by Gasteiger charge is -2.25. The lowest BCUT2D eigenvalue weighted by Crippen LogP contribution is -2.39. The van der Waals surface area contributed by atoms with Crippen molar-refractivity contribution in [2.75, 3.05) is 25.6 Å². The molecule has 0 fully saturated rings. The Hall–Kier alpha value is -2.53. The van der Waals surface area contributed by atoms with Crippen molar-refractivity contribution in [3.63, 3.8) is 0 Å². The summed E-state index contributed by atoms with van der Waals surface area (Å²) in [6, 6.07) is 13.7. The Balaban J connectivity index is 1.59. The average molecular weight is 368 g/mol. The molecule has 0 spiro atoms. The first kappa shape index (κ1) is 19.2. The van der Waals surface area contributed by atoms with Gasteiger partial charge in [-0.15, -0.1) is 0 Å². The van der Waals surface area contributed by atoms with Gasteiger partial charge in [0.15, 0.2) is 11.5 Å². The summed E-state index contributed by atoms with van der Waals surface area (Å²) >= 11 is 0. The number of carbonyl (C=O) groups is 1. The van der Waals surface area contributed by atoms with Crippen LogP contribution in [-0.2, 0) is 11.3 Å². The molecule has 0 bridgehead atoms. The van der Waals surface area contributed by atoms with E-state index in [2.05, 4.69) is 31.3 Å². The van der Waals surface area contributed by atoms with E-state index < -0.39 is 0 Å². The number of nitrogens with one attached hydrogen (secondary N) is 1. The standard InChI is InChI=1S/C22H28N2O3/c1-15(2)18-6-8-19(9-7-18)23-22(25)16(3)24(4)14-17-5-10-20-21(13-17)27-12-11-26-20/h5-10,13,15-16H,11-12,14H2,1-4H3,(H,23,25)/t16-/m0/s1. The molecule has 2 aromatic rings. The Morgan fingerprint density at radius 3 is 2.37 bits per heavy atom. The third-order valence-electron chi connectivity index (χ3n) is 4.92. The monoisotopic (exact) mass is 368 g/mol. The molecule has 1 amide bonds. The van der Waals surface area contributed by atoms with Crippen molar-refractivity contribution >= 4 is 11.6 Å². The van der Waals surface area contributed by atoms with E-state index in [1.54, 1.807) is 0 Å². The number of carbonyl (C=O) groups excluding carboxylic acids is 1. The van der Waals surface area contributed by atoms with Crippen molar-refractivity contribution in [1.29, 1.82) is 0 Å². The fourth-order valence-corrected chi connectivity index (χ4v) is 3.01. The van der Waals surface area contributed by atoms with Crippen LogP contribution in [0.2, 0.25) is 0 Å². The van der Waals surface area contributed by atoms with Gasteiger partial charge in [0.05, 0.1) is 6.04 Å². The topological polar surface area (TPSA) is 50.8 Å². The number of amides is 1. The SMILES string of the molecule is CC(C)c1ccc(NC(=O)[C@H](C)N(C)Cc2ccc3c(c2)OCCO3)cc1. The van der Waals surface area contributed by atoms with Gasteiger partial charge in [0.1, 0.15) is 13.2 Å². The third kappa shape index (κ3) is 4.80. The molecule has 0 aromatic heterocycles. The molecule has 1 aliphatic heterocycles. The molecule has 1 atom stereocenters. The van der Waals surface area contributed by atoms with Crippen LogP contribution in [0.15, 0.2) is 42.5 Å². The number of fused-ring (bicyclic) bond motifs is 1. The predicted molar refractivity (Wildman–Crippen MR) is 108 cm³/mol. The molecule has 0 aliphatic carbocycles. The Bertz CT molecular complexity index is 787. The van der Waals surface area contributed by atoms with Crippen LogP contribution < -0.4 is 14.8 Å². The zero-order valence-corrected chi connectivity index (χ0v) is 16.5. The first-order valence-electron chi connectivity index (χ1n) is 9.43. The summed E-state index contributed by atoms with van der Waals surface area (Å²) < 4.78 is 11.2. The van der Waals surface area contributed by atoms with Crippen LogP contribution in [0.1, 0.15) is 37.8 Å². The number of likely N-dealkylation sites (N-methyl/N-ethyl adjacent to an activating group) is 1. The minimum absolute atomic E-state index is 0.0210. The van der Waals surface area contributed by atoms with E-state index in [1.165, 1.54) is 5.56 Å². The van der Waals surface area contributed by atoms with Crippen LogP contribution in [0.5, 0.6) is 11.5 Å². The molecule has 2 aromatic carbocycles. The molecule has 5 heteroatoms. The van der Waals surface area contributed by atoms with Crippen LogP contribution in [0.25, 0.3) is 0 Å². The fraction of sp³-hybridized carbons (Fsp3) is 0.409. The molecule has 0 unspecified atom stereocenters. The fourth-order valence-electron chi connectivity index (χ4n) is 3.01. The normalized spacial score (nSPS) is 14.3. The zero-order valence-electron chi connectivity index (χ0n) is 16.5. The summed E-state index contributed by atoms with van der Waals surface area (Å²) in [6.07, 6.45) is 0. The maximum absolute atomic E-state index is 12.6. The van der Waals surface area contributed by atoms with Gasteiger partial charge >= 0.3 is 0 Å². The lowest BCUT2D eigenvalue weighted by molar-refractivity contribution is -0.120. The molecular formula is C22H28N2O3. The quantitative estimate of drug-likeness (QED) is 0.836. The Labute approximate surface area is 161 Å². The van der Waals surface area contributed by atoms with Gasteiger partial charge in [-0.25, -0.2) is 0 Å². The van der Waals surface area contributed by atoms with E-state index in [-0.39, 0.29) is 11.9 Å². The second-order valence-corrected chi connectivity index (χ2v) is 7.34. The van der Waals surface area contributed by atoms with Crippen LogP contribution >= 0.6 is 0 Å². The van der Waals surface area contributed by atoms with Gasteiger partial charge in [0.25, 0.3) is 0 Å². The number of rotatable bonds is 6. The van der Waals surface area contributed by atoms with Crippen molar-refractivity contribution < 1.29 is 14.3 Å². The van der Waals surface area contributed by atoms with Gasteiger partial charge in [-0.05, 0) is 55.3 Å². The second-order valence-electron chi connectivity index (χ2n) is 7.34. The molecule has 1 N–H and O–H groups in total. The molecular weight excluding hydrogens is 340 g/mol. The van der Waals surface area contributed by atoms with Crippen molar-refractivity contribution in [2.45, 2.75) is 39.3 Å². The second kappa shape index (κ2) is 8.44. The van der Waals surface area contributed by atoms with Gasteiger partial charge in [-0.1, -0.05) is 32.0 Å². The summed E-state index contributed by atoms with van der Waals surface area (Å²) in [5.41, 5.74) is 3.17. The first-order chi connectivity index (χ1) is 12.9. The van der Waals surface area contributed by atoms with E-state index in [1.807, 2.05) is 49.2 Å². The third-order valence-corrected chi connectivity index (χ3v) is 4.92. The molecule has 3 rings (SSSR count). The smallest absolute Gasteiger partial charge is 0.241 e. The summed E-state index contributed by atoms with van der Waals surface area (Å²) in [5.74, 6) is 2.01. The molecule has 0 saturated heterocycles. The minimum atomic E-state index is -0.261. The molecule has 1 aliphatic rings. The van der Waals surface area contributed by atoms with Crippen molar-refractivity contribution in [1.82, 2.24) is 4.90 Å². The number of hydrogen-bond acceptors (Lipinski definition) is 4. The van der Waals surface area contributed by atoms with Gasteiger partial charge in [0, 0.05) is 12.2 Å². The number of anilines is 1. The summed E-state index contributed by atoms with van der Waals surface area (Å²) in [5, 5.41) is 3.00. The van der Waals surface area contributed by atoms with Crippen LogP contribution in [0.4, 0.5) is 5.69 Å². The largest absolute Gasteiger partial charge is 0.486 e.